The summed E-state index contributed by atoms with van der Waals surface area (Å²) in [6.07, 6.45) is -0.394. The molecule has 1 heterocycles. The molecule has 0 bridgehead atoms. The van der Waals surface area contributed by atoms with Gasteiger partial charge >= 0.3 is 6.18 Å². The molecule has 0 atom stereocenters. The number of aliphatic imine (C=N–C) groups is 1. The normalized spacial score (nSPS) is 17.2. The second kappa shape index (κ2) is 5.52. The number of hydrogen-bond donors (Lipinski definition) is 2. The summed E-state index contributed by atoms with van der Waals surface area (Å²) >= 11 is 0. The van der Waals surface area contributed by atoms with Gasteiger partial charge in [-0.3, -0.25) is 0 Å². The van der Waals surface area contributed by atoms with Crippen LogP contribution in [-0.4, -0.2) is 23.9 Å². The van der Waals surface area contributed by atoms with Gasteiger partial charge in [-0.05, 0) is 31.1 Å². The van der Waals surface area contributed by atoms with Gasteiger partial charge in [0.05, 0.1) is 11.9 Å². The first-order valence-corrected chi connectivity index (χ1v) is 6.17. The smallest absolute Gasteiger partial charge is 0.395 e. The number of pyridine rings is 1. The summed E-state index contributed by atoms with van der Waals surface area (Å²) < 4.78 is 37.4. The number of rotatable bonds is 4. The molecular weight excluding hydrogens is 269 g/mol. The van der Waals surface area contributed by atoms with E-state index in [9.17, 15) is 13.2 Å². The zero-order valence-electron chi connectivity index (χ0n) is 10.9. The van der Waals surface area contributed by atoms with Gasteiger partial charge in [-0.25, -0.2) is 9.98 Å². The minimum absolute atomic E-state index is 0.0432. The molecule has 0 saturated heterocycles. The number of alkyl halides is 3. The fourth-order valence-corrected chi connectivity index (χ4v) is 1.59. The highest BCUT2D eigenvalue weighted by molar-refractivity contribution is 6.00. The van der Waals surface area contributed by atoms with Gasteiger partial charge in [0.1, 0.15) is 5.70 Å². The molecule has 0 aromatic carbocycles. The number of aromatic nitrogens is 1. The third-order valence-corrected chi connectivity index (χ3v) is 2.91. The van der Waals surface area contributed by atoms with Crippen LogP contribution >= 0.6 is 0 Å². The highest BCUT2D eigenvalue weighted by Crippen LogP contribution is 2.33. The van der Waals surface area contributed by atoms with Crippen LogP contribution in [0, 0.1) is 5.92 Å². The second-order valence-corrected chi connectivity index (χ2v) is 4.56. The Kier molecular flexibility index (Phi) is 3.96. The van der Waals surface area contributed by atoms with Crippen LogP contribution in [-0.2, 0) is 0 Å². The monoisotopic (exact) mass is 284 g/mol. The van der Waals surface area contributed by atoms with Gasteiger partial charge in [-0.2, -0.15) is 13.2 Å². The quantitative estimate of drug-likeness (QED) is 0.835. The molecule has 1 aromatic rings. The van der Waals surface area contributed by atoms with E-state index in [1.54, 1.807) is 25.4 Å². The third kappa shape index (κ3) is 3.72. The van der Waals surface area contributed by atoms with Crippen molar-refractivity contribution in [3.63, 3.8) is 0 Å². The maximum atomic E-state index is 12.5. The highest BCUT2D eigenvalue weighted by atomic mass is 19.4. The van der Waals surface area contributed by atoms with Crippen LogP contribution in [0.1, 0.15) is 12.8 Å². The summed E-state index contributed by atoms with van der Waals surface area (Å²) in [7, 11) is 1.75. The molecule has 108 valence electrons. The van der Waals surface area contributed by atoms with E-state index in [1.807, 2.05) is 0 Å². The third-order valence-electron chi connectivity index (χ3n) is 2.91. The summed E-state index contributed by atoms with van der Waals surface area (Å²) in [5.41, 5.74) is 5.06. The molecule has 0 unspecified atom stereocenters. The molecule has 20 heavy (non-hydrogen) atoms. The Morgan fingerprint density at radius 3 is 2.60 bits per heavy atom. The van der Waals surface area contributed by atoms with Crippen LogP contribution in [0.5, 0.6) is 0 Å². The fourth-order valence-electron chi connectivity index (χ4n) is 1.59. The number of hydrogen-bond acceptors (Lipinski definition) is 4. The maximum absolute atomic E-state index is 12.5. The number of nitrogens with two attached hydrogens (primary N) is 1. The van der Waals surface area contributed by atoms with E-state index in [2.05, 4.69) is 15.3 Å². The van der Waals surface area contributed by atoms with E-state index in [1.165, 1.54) is 0 Å². The molecule has 4 nitrogen and oxygen atoms in total. The molecule has 2 rings (SSSR count). The molecule has 3 N–H and O–H groups in total. The molecular formula is C13H15F3N4. The van der Waals surface area contributed by atoms with Gasteiger partial charge in [-0.15, -0.1) is 0 Å². The predicted octanol–water partition coefficient (Wildman–Crippen LogP) is 3.01. The van der Waals surface area contributed by atoms with Crippen LogP contribution in [0.25, 0.3) is 0 Å². The molecule has 0 aliphatic heterocycles. The Morgan fingerprint density at radius 2 is 2.15 bits per heavy atom. The van der Waals surface area contributed by atoms with Crippen molar-refractivity contribution in [1.29, 1.82) is 0 Å². The minimum Gasteiger partial charge on any atom is -0.395 e. The number of halogens is 3. The van der Waals surface area contributed by atoms with E-state index in [4.69, 9.17) is 5.73 Å². The summed E-state index contributed by atoms with van der Waals surface area (Å²) in [6.45, 7) is 0. The lowest BCUT2D eigenvalue weighted by Crippen LogP contribution is -2.21. The molecule has 1 aromatic heterocycles. The molecule has 1 aliphatic carbocycles. The molecule has 1 aliphatic rings. The van der Waals surface area contributed by atoms with Crippen molar-refractivity contribution in [2.24, 2.45) is 16.6 Å². The molecule has 0 amide bonds. The summed E-state index contributed by atoms with van der Waals surface area (Å²) in [5.74, 6) is 0.416. The number of anilines is 1. The maximum Gasteiger partial charge on any atom is 0.430 e. The Hall–Kier alpha value is -2.05. The zero-order valence-corrected chi connectivity index (χ0v) is 10.9. The van der Waals surface area contributed by atoms with Crippen molar-refractivity contribution >= 4 is 17.2 Å². The first-order chi connectivity index (χ1) is 9.40. The van der Waals surface area contributed by atoms with Gasteiger partial charge in [0.2, 0.25) is 0 Å². The van der Waals surface area contributed by atoms with Gasteiger partial charge in [0, 0.05) is 18.7 Å². The molecule has 0 radical (unpaired) electrons. The van der Waals surface area contributed by atoms with Gasteiger partial charge < -0.3 is 11.1 Å². The second-order valence-electron chi connectivity index (χ2n) is 4.56. The van der Waals surface area contributed by atoms with Gasteiger partial charge in [-0.1, -0.05) is 0 Å². The van der Waals surface area contributed by atoms with E-state index in [0.29, 0.717) is 11.5 Å². The summed E-state index contributed by atoms with van der Waals surface area (Å²) in [5, 5.41) is 2.90. The summed E-state index contributed by atoms with van der Waals surface area (Å²) in [6, 6.07) is 3.40. The fraction of sp³-hybridized carbons (Fsp3) is 0.385. The van der Waals surface area contributed by atoms with Crippen molar-refractivity contribution in [3.8, 4) is 0 Å². The molecule has 1 saturated carbocycles. The highest BCUT2D eigenvalue weighted by Gasteiger charge is 2.34. The van der Waals surface area contributed by atoms with Gasteiger partial charge in [0.15, 0.2) is 5.82 Å². The minimum atomic E-state index is -4.53. The topological polar surface area (TPSA) is 63.3 Å². The van der Waals surface area contributed by atoms with Crippen LogP contribution < -0.4 is 11.1 Å². The van der Waals surface area contributed by atoms with E-state index in [0.717, 1.165) is 24.6 Å². The lowest BCUT2D eigenvalue weighted by atomic mass is 10.2. The number of allylic oxidation sites excluding steroid dienone is 2. The molecule has 0 spiro atoms. The lowest BCUT2D eigenvalue weighted by molar-refractivity contribution is -0.0925. The van der Waals surface area contributed by atoms with E-state index >= 15 is 0 Å². The average molecular weight is 284 g/mol. The molecule has 7 heteroatoms. The largest absolute Gasteiger partial charge is 0.430 e. The zero-order chi connectivity index (χ0) is 14.8. The predicted molar refractivity (Wildman–Crippen MR) is 71.9 cm³/mol. The van der Waals surface area contributed by atoms with E-state index in [-0.39, 0.29) is 5.92 Å². The first-order valence-electron chi connectivity index (χ1n) is 6.17. The van der Waals surface area contributed by atoms with Crippen molar-refractivity contribution in [2.75, 3.05) is 12.4 Å². The first kappa shape index (κ1) is 14.4. The van der Waals surface area contributed by atoms with Gasteiger partial charge in [0.25, 0.3) is 0 Å². The van der Waals surface area contributed by atoms with Crippen LogP contribution in [0.15, 0.2) is 35.1 Å². The number of nitrogens with one attached hydrogen (secondary N) is 1. The van der Waals surface area contributed by atoms with Crippen molar-refractivity contribution in [1.82, 2.24) is 4.98 Å². The Morgan fingerprint density at radius 1 is 1.45 bits per heavy atom. The van der Waals surface area contributed by atoms with Crippen molar-refractivity contribution in [2.45, 2.75) is 19.0 Å². The number of nitrogens with zero attached hydrogens (tertiary/aromatic N) is 2. The lowest BCUT2D eigenvalue weighted by Gasteiger charge is -2.07. The Balaban J connectivity index is 2.26. The van der Waals surface area contributed by atoms with Crippen LogP contribution in [0.2, 0.25) is 0 Å². The summed E-state index contributed by atoms with van der Waals surface area (Å²) in [4.78, 5) is 8.24. The molecule has 1 fully saturated rings. The van der Waals surface area contributed by atoms with Crippen LogP contribution in [0.4, 0.5) is 24.7 Å². The van der Waals surface area contributed by atoms with Crippen LogP contribution in [0.3, 0.4) is 0 Å². The Bertz CT molecular complexity index is 528. The van der Waals surface area contributed by atoms with Crippen molar-refractivity contribution in [3.05, 3.63) is 30.1 Å². The average Bonchev–Trinajstić information content (AvgIpc) is 3.22. The van der Waals surface area contributed by atoms with E-state index < -0.39 is 11.9 Å². The van der Waals surface area contributed by atoms with Crippen molar-refractivity contribution < 1.29 is 13.2 Å². The standard InChI is InChI=1S/C13H15F3N4/c1-18-9-4-5-12(19-7-9)20-10(8-2-3-8)6-11(17)13(14,15)16/h4-8,18H,2-3,17H2,1H3. The Labute approximate surface area is 114 Å². The SMILES string of the molecule is CNc1ccc(N=C(C=C(N)C(F)(F)F)C2CC2)nc1.